The van der Waals surface area contributed by atoms with Gasteiger partial charge in [-0.15, -0.1) is 0 Å². The molecule has 1 aliphatic carbocycles. The molecule has 0 saturated heterocycles. The van der Waals surface area contributed by atoms with Crippen molar-refractivity contribution in [3.8, 4) is 0 Å². The molecule has 0 radical (unpaired) electrons. The Hall–Kier alpha value is -2.17. The average molecular weight is 304 g/mol. The molecule has 5 heteroatoms. The average Bonchev–Trinajstić information content (AvgIpc) is 2.83. The fourth-order valence-electron chi connectivity index (χ4n) is 2.98. The van der Waals surface area contributed by atoms with E-state index in [0.29, 0.717) is 5.56 Å². The molecule has 3 rings (SSSR count). The number of halogens is 2. The molecular weight excluding hydrogens is 286 g/mol. The van der Waals surface area contributed by atoms with Crippen LogP contribution in [0.5, 0.6) is 0 Å². The summed E-state index contributed by atoms with van der Waals surface area (Å²) in [6.45, 7) is 3.53. The quantitative estimate of drug-likeness (QED) is 0.849. The van der Waals surface area contributed by atoms with Gasteiger partial charge in [-0.1, -0.05) is 24.8 Å². The van der Waals surface area contributed by atoms with Crippen LogP contribution in [0.15, 0.2) is 42.6 Å². The number of para-hydroxylation sites is 1. The first-order valence-electron chi connectivity index (χ1n) is 7.28. The van der Waals surface area contributed by atoms with Crippen molar-refractivity contribution in [2.75, 3.05) is 0 Å². The van der Waals surface area contributed by atoms with Gasteiger partial charge in [0.05, 0.1) is 11.6 Å². The zero-order valence-corrected chi connectivity index (χ0v) is 12.4. The normalized spacial score (nSPS) is 25.4. The standard InChI is InChI=1S/C17H18F2N2O/c1-10-7-14(19)15(8-13(10)18)20-17(22)12-9-21(2)16-6-4-3-5-11(12)16/h3-6,9,13-15H,1,7-8H2,2H3,(H,20,22). The van der Waals surface area contributed by atoms with Crippen molar-refractivity contribution < 1.29 is 13.6 Å². The Morgan fingerprint density at radius 1 is 1.36 bits per heavy atom. The number of benzene rings is 1. The van der Waals surface area contributed by atoms with Crippen LogP contribution in [-0.4, -0.2) is 28.9 Å². The molecule has 22 heavy (non-hydrogen) atoms. The summed E-state index contributed by atoms with van der Waals surface area (Å²) >= 11 is 0. The number of hydrogen-bond donors (Lipinski definition) is 1. The first kappa shape index (κ1) is 14.8. The molecule has 116 valence electrons. The van der Waals surface area contributed by atoms with Crippen molar-refractivity contribution in [2.24, 2.45) is 7.05 Å². The van der Waals surface area contributed by atoms with E-state index < -0.39 is 18.4 Å². The topological polar surface area (TPSA) is 34.0 Å². The number of fused-ring (bicyclic) bond motifs is 1. The molecule has 1 aromatic heterocycles. The molecular formula is C17H18F2N2O. The number of aryl methyl sites for hydroxylation is 1. The molecule has 1 heterocycles. The number of aromatic nitrogens is 1. The Labute approximate surface area is 127 Å². The van der Waals surface area contributed by atoms with Gasteiger partial charge in [0.1, 0.15) is 12.3 Å². The van der Waals surface area contributed by atoms with Gasteiger partial charge in [0.15, 0.2) is 0 Å². The van der Waals surface area contributed by atoms with Crippen LogP contribution in [0.4, 0.5) is 8.78 Å². The third-order valence-electron chi connectivity index (χ3n) is 4.26. The van der Waals surface area contributed by atoms with Crippen LogP contribution in [0.25, 0.3) is 10.9 Å². The maximum Gasteiger partial charge on any atom is 0.253 e. The molecule has 0 bridgehead atoms. The minimum absolute atomic E-state index is 0.0400. The number of nitrogens with zero attached hydrogens (tertiary/aromatic N) is 1. The number of rotatable bonds is 2. The number of alkyl halides is 2. The maximum absolute atomic E-state index is 14.0. The van der Waals surface area contributed by atoms with Crippen molar-refractivity contribution in [1.82, 2.24) is 9.88 Å². The SMILES string of the molecule is C=C1CC(F)C(NC(=O)c2cn(C)c3ccccc23)CC1F. The van der Waals surface area contributed by atoms with Gasteiger partial charge in [0.25, 0.3) is 5.91 Å². The van der Waals surface area contributed by atoms with Gasteiger partial charge in [-0.3, -0.25) is 4.79 Å². The van der Waals surface area contributed by atoms with E-state index >= 15 is 0 Å². The minimum Gasteiger partial charge on any atom is -0.350 e. The summed E-state index contributed by atoms with van der Waals surface area (Å²) in [4.78, 5) is 12.4. The monoisotopic (exact) mass is 304 g/mol. The lowest BCUT2D eigenvalue weighted by molar-refractivity contribution is 0.0874. The molecule has 3 atom stereocenters. The number of carbonyl (C=O) groups is 1. The number of amides is 1. The molecule has 0 spiro atoms. The van der Waals surface area contributed by atoms with Crippen molar-refractivity contribution in [3.05, 3.63) is 48.2 Å². The van der Waals surface area contributed by atoms with E-state index in [1.165, 1.54) is 0 Å². The number of carbonyl (C=O) groups excluding carboxylic acids is 1. The van der Waals surface area contributed by atoms with Gasteiger partial charge in [0, 0.05) is 37.0 Å². The van der Waals surface area contributed by atoms with Crippen LogP contribution in [0.2, 0.25) is 0 Å². The third-order valence-corrected chi connectivity index (χ3v) is 4.26. The second-order valence-electron chi connectivity index (χ2n) is 5.83. The third kappa shape index (κ3) is 2.51. The van der Waals surface area contributed by atoms with Gasteiger partial charge in [-0.05, 0) is 11.6 Å². The van der Waals surface area contributed by atoms with Gasteiger partial charge in [-0.25, -0.2) is 8.78 Å². The lowest BCUT2D eigenvalue weighted by Crippen LogP contribution is -2.46. The van der Waals surface area contributed by atoms with Crippen LogP contribution in [0.3, 0.4) is 0 Å². The Bertz CT molecular complexity index is 737. The summed E-state index contributed by atoms with van der Waals surface area (Å²) in [6.07, 6.45) is -0.941. The summed E-state index contributed by atoms with van der Waals surface area (Å²) < 4.78 is 29.6. The van der Waals surface area contributed by atoms with E-state index in [9.17, 15) is 13.6 Å². The molecule has 1 fully saturated rings. The highest BCUT2D eigenvalue weighted by atomic mass is 19.1. The minimum atomic E-state index is -1.29. The van der Waals surface area contributed by atoms with Crippen molar-refractivity contribution in [1.29, 1.82) is 0 Å². The molecule has 3 unspecified atom stereocenters. The van der Waals surface area contributed by atoms with Gasteiger partial charge in [-0.2, -0.15) is 0 Å². The van der Waals surface area contributed by atoms with E-state index in [1.807, 2.05) is 35.9 Å². The predicted molar refractivity (Wildman–Crippen MR) is 82.3 cm³/mol. The molecule has 1 aliphatic rings. The van der Waals surface area contributed by atoms with E-state index in [4.69, 9.17) is 0 Å². The first-order valence-corrected chi connectivity index (χ1v) is 7.28. The van der Waals surface area contributed by atoms with E-state index in [-0.39, 0.29) is 24.3 Å². The zero-order chi connectivity index (χ0) is 15.9. The lowest BCUT2D eigenvalue weighted by Gasteiger charge is -2.30. The molecule has 3 nitrogen and oxygen atoms in total. The Kier molecular flexibility index (Phi) is 3.72. The second-order valence-corrected chi connectivity index (χ2v) is 5.83. The Morgan fingerprint density at radius 2 is 2.09 bits per heavy atom. The summed E-state index contributed by atoms with van der Waals surface area (Å²) in [5, 5.41) is 3.43. The van der Waals surface area contributed by atoms with Crippen LogP contribution >= 0.6 is 0 Å². The highest BCUT2D eigenvalue weighted by Crippen LogP contribution is 2.28. The van der Waals surface area contributed by atoms with Gasteiger partial charge < -0.3 is 9.88 Å². The zero-order valence-electron chi connectivity index (χ0n) is 12.4. The lowest BCUT2D eigenvalue weighted by atomic mass is 9.88. The molecule has 1 saturated carbocycles. The van der Waals surface area contributed by atoms with Crippen LogP contribution < -0.4 is 5.32 Å². The van der Waals surface area contributed by atoms with E-state index in [1.54, 1.807) is 6.20 Å². The Balaban J connectivity index is 1.83. The maximum atomic E-state index is 14.0. The highest BCUT2D eigenvalue weighted by Gasteiger charge is 2.34. The van der Waals surface area contributed by atoms with Crippen molar-refractivity contribution >= 4 is 16.8 Å². The second kappa shape index (κ2) is 5.55. The molecule has 0 aliphatic heterocycles. The fourth-order valence-corrected chi connectivity index (χ4v) is 2.98. The molecule has 2 aromatic rings. The Morgan fingerprint density at radius 3 is 2.86 bits per heavy atom. The fraction of sp³-hybridized carbons (Fsp3) is 0.353. The number of allylic oxidation sites excluding steroid dienone is 1. The van der Waals surface area contributed by atoms with Gasteiger partial charge >= 0.3 is 0 Å². The summed E-state index contributed by atoms with van der Waals surface area (Å²) in [5.74, 6) is -0.371. The molecule has 1 aromatic carbocycles. The van der Waals surface area contributed by atoms with Gasteiger partial charge in [0.2, 0.25) is 0 Å². The van der Waals surface area contributed by atoms with Crippen LogP contribution in [0, 0.1) is 0 Å². The largest absolute Gasteiger partial charge is 0.350 e. The summed E-state index contributed by atoms with van der Waals surface area (Å²) in [6, 6.07) is 6.68. The number of nitrogens with one attached hydrogen (secondary N) is 1. The smallest absolute Gasteiger partial charge is 0.253 e. The van der Waals surface area contributed by atoms with E-state index in [2.05, 4.69) is 11.9 Å². The summed E-state index contributed by atoms with van der Waals surface area (Å²) in [5.41, 5.74) is 1.66. The van der Waals surface area contributed by atoms with Crippen LogP contribution in [-0.2, 0) is 7.05 Å². The van der Waals surface area contributed by atoms with E-state index in [0.717, 1.165) is 10.9 Å². The predicted octanol–water partition coefficient (Wildman–Crippen LogP) is 3.30. The molecule has 1 amide bonds. The van der Waals surface area contributed by atoms with Crippen LogP contribution in [0.1, 0.15) is 23.2 Å². The highest BCUT2D eigenvalue weighted by molar-refractivity contribution is 6.07. The van der Waals surface area contributed by atoms with Crippen molar-refractivity contribution in [3.63, 3.8) is 0 Å². The molecule has 1 N–H and O–H groups in total. The summed E-state index contributed by atoms with van der Waals surface area (Å²) in [7, 11) is 1.85. The first-order chi connectivity index (χ1) is 10.5. The number of hydrogen-bond acceptors (Lipinski definition) is 1. The van der Waals surface area contributed by atoms with Crippen molar-refractivity contribution in [2.45, 2.75) is 31.2 Å².